The number of nitro groups is 1. The summed E-state index contributed by atoms with van der Waals surface area (Å²) >= 11 is 0. The third kappa shape index (κ3) is 4.74. The summed E-state index contributed by atoms with van der Waals surface area (Å²) in [5.74, 6) is -0.344. The van der Waals surface area contributed by atoms with Crippen molar-refractivity contribution >= 4 is 5.69 Å². The number of aromatic nitrogens is 2. The van der Waals surface area contributed by atoms with Gasteiger partial charge in [0.15, 0.2) is 0 Å². The fraction of sp³-hybridized carbons (Fsp3) is 0.500. The lowest BCUT2D eigenvalue weighted by molar-refractivity contribution is -0.385. The molecule has 4 atom stereocenters. The van der Waals surface area contributed by atoms with Crippen LogP contribution in [0, 0.1) is 17.0 Å². The molecule has 1 aliphatic rings. The van der Waals surface area contributed by atoms with E-state index in [2.05, 4.69) is 0 Å². The first-order valence-electron chi connectivity index (χ1n) is 9.82. The van der Waals surface area contributed by atoms with Crippen molar-refractivity contribution in [2.75, 3.05) is 13.2 Å². The van der Waals surface area contributed by atoms with Crippen LogP contribution in [-0.4, -0.2) is 49.7 Å². The first-order valence-corrected chi connectivity index (χ1v) is 9.82. The van der Waals surface area contributed by atoms with Crippen LogP contribution in [0.2, 0.25) is 0 Å². The lowest BCUT2D eigenvalue weighted by Crippen LogP contribution is -2.42. The van der Waals surface area contributed by atoms with Gasteiger partial charge in [-0.15, -0.1) is 0 Å². The number of para-hydroxylation sites is 1. The van der Waals surface area contributed by atoms with Crippen LogP contribution < -0.4 is 11.2 Å². The zero-order valence-corrected chi connectivity index (χ0v) is 17.2. The Labute approximate surface area is 177 Å². The van der Waals surface area contributed by atoms with E-state index >= 15 is 0 Å². The van der Waals surface area contributed by atoms with Crippen LogP contribution >= 0.6 is 0 Å². The van der Waals surface area contributed by atoms with Crippen molar-refractivity contribution in [3.63, 3.8) is 0 Å². The largest absolute Gasteiger partial charge is 0.394 e. The molecule has 3 rings (SSSR count). The molecule has 1 saturated heterocycles. The maximum atomic E-state index is 12.9. The monoisotopic (exact) mass is 435 g/mol. The Morgan fingerprint density at radius 3 is 2.71 bits per heavy atom. The van der Waals surface area contributed by atoms with Crippen molar-refractivity contribution in [1.29, 1.82) is 0 Å². The Morgan fingerprint density at radius 1 is 1.35 bits per heavy atom. The highest BCUT2D eigenvalue weighted by atomic mass is 16.6. The van der Waals surface area contributed by atoms with E-state index < -0.39 is 41.2 Å². The first kappa shape index (κ1) is 22.8. The summed E-state index contributed by atoms with van der Waals surface area (Å²) in [5.41, 5.74) is -0.462. The van der Waals surface area contributed by atoms with Gasteiger partial charge in [-0.25, -0.2) is 9.36 Å². The Morgan fingerprint density at radius 2 is 2.06 bits per heavy atom. The molecule has 1 aromatic heterocycles. The van der Waals surface area contributed by atoms with E-state index in [4.69, 9.17) is 9.47 Å². The van der Waals surface area contributed by atoms with Crippen LogP contribution in [0.25, 0.3) is 0 Å². The van der Waals surface area contributed by atoms with Gasteiger partial charge in [0.2, 0.25) is 0 Å². The molecule has 1 aliphatic heterocycles. The van der Waals surface area contributed by atoms with Crippen LogP contribution in [0.5, 0.6) is 0 Å². The van der Waals surface area contributed by atoms with Gasteiger partial charge in [-0.2, -0.15) is 0 Å². The lowest BCUT2D eigenvalue weighted by atomic mass is 10.0. The van der Waals surface area contributed by atoms with E-state index in [9.17, 15) is 29.9 Å². The molecule has 2 aromatic rings. The summed E-state index contributed by atoms with van der Waals surface area (Å²) in [6, 6.07) is 6.31. The van der Waals surface area contributed by atoms with Crippen LogP contribution in [0.3, 0.4) is 0 Å². The Hall–Kier alpha value is -2.86. The molecule has 11 nitrogen and oxygen atoms in total. The highest BCUT2D eigenvalue weighted by Gasteiger charge is 2.35. The van der Waals surface area contributed by atoms with E-state index in [0.29, 0.717) is 5.56 Å². The summed E-state index contributed by atoms with van der Waals surface area (Å²) in [6.45, 7) is 2.61. The van der Waals surface area contributed by atoms with Crippen LogP contribution in [0.4, 0.5) is 5.69 Å². The van der Waals surface area contributed by atoms with Crippen molar-refractivity contribution in [2.45, 2.75) is 51.4 Å². The fourth-order valence-electron chi connectivity index (χ4n) is 3.61. The number of benzene rings is 1. The molecule has 0 amide bonds. The van der Waals surface area contributed by atoms with Gasteiger partial charge in [-0.3, -0.25) is 19.5 Å². The number of aryl methyl sites for hydroxylation is 1. The number of nitrogens with zero attached hydrogens (tertiary/aromatic N) is 3. The van der Waals surface area contributed by atoms with Crippen LogP contribution in [0.1, 0.15) is 36.6 Å². The van der Waals surface area contributed by atoms with Gasteiger partial charge < -0.3 is 19.7 Å². The quantitative estimate of drug-likeness (QED) is 0.454. The third-order valence-corrected chi connectivity index (χ3v) is 5.31. The summed E-state index contributed by atoms with van der Waals surface area (Å²) in [4.78, 5) is 36.1. The summed E-state index contributed by atoms with van der Waals surface area (Å²) in [5, 5.41) is 30.4. The second-order valence-corrected chi connectivity index (χ2v) is 7.57. The number of ether oxygens (including phenoxy) is 2. The van der Waals surface area contributed by atoms with E-state index in [1.54, 1.807) is 32.0 Å². The number of hydrogen-bond donors (Lipinski definition) is 2. The number of aliphatic hydroxyl groups is 2. The average Bonchev–Trinajstić information content (AvgIpc) is 3.13. The zero-order chi connectivity index (χ0) is 22.7. The molecule has 2 heterocycles. The second kappa shape index (κ2) is 9.52. The fourth-order valence-corrected chi connectivity index (χ4v) is 3.61. The molecular formula is C20H25N3O8. The Balaban J connectivity index is 1.77. The smallest absolute Gasteiger partial charge is 0.335 e. The van der Waals surface area contributed by atoms with Gasteiger partial charge in [-0.1, -0.05) is 25.1 Å². The standard InChI is InChI=1S/C20H25N3O8/c1-12-8-21(18-7-16(25)17(9-24)31-18)20(27)22(19(12)26)11-30-10-13(2)14-5-3-4-6-15(14)23(28)29/h3-6,8,13,16-18,24-25H,7,9-11H2,1-2H3/t13?,16-,17-,18-/m1/s1. The molecule has 0 radical (unpaired) electrons. The third-order valence-electron chi connectivity index (χ3n) is 5.31. The molecule has 1 unspecified atom stereocenters. The maximum absolute atomic E-state index is 12.9. The van der Waals surface area contributed by atoms with E-state index in [1.807, 2.05) is 0 Å². The van der Waals surface area contributed by atoms with Crippen molar-refractivity contribution < 1.29 is 24.6 Å². The van der Waals surface area contributed by atoms with Crippen LogP contribution in [-0.2, 0) is 16.2 Å². The first-order chi connectivity index (χ1) is 14.7. The highest BCUT2D eigenvalue weighted by molar-refractivity contribution is 5.42. The maximum Gasteiger partial charge on any atom is 0.335 e. The van der Waals surface area contributed by atoms with Gasteiger partial charge >= 0.3 is 5.69 Å². The van der Waals surface area contributed by atoms with Crippen molar-refractivity contribution in [3.8, 4) is 0 Å². The van der Waals surface area contributed by atoms with Crippen molar-refractivity contribution in [3.05, 3.63) is 72.5 Å². The van der Waals surface area contributed by atoms with E-state index in [1.165, 1.54) is 16.8 Å². The Bertz CT molecular complexity index is 1060. The molecule has 0 saturated carbocycles. The molecule has 31 heavy (non-hydrogen) atoms. The number of rotatable bonds is 8. The zero-order valence-electron chi connectivity index (χ0n) is 17.2. The van der Waals surface area contributed by atoms with Gasteiger partial charge in [0.05, 0.1) is 24.2 Å². The van der Waals surface area contributed by atoms with Gasteiger partial charge in [0.25, 0.3) is 11.2 Å². The SMILES string of the molecule is Cc1cn([C@H]2C[C@@H](O)[C@@H](CO)O2)c(=O)n(COCC(C)c2ccccc2[N+](=O)[O-])c1=O. The normalized spacial score (nSPS) is 21.9. The topological polar surface area (TPSA) is 146 Å². The van der Waals surface area contributed by atoms with E-state index in [0.717, 1.165) is 4.57 Å². The minimum atomic E-state index is -0.929. The van der Waals surface area contributed by atoms with Gasteiger partial charge in [-0.05, 0) is 6.92 Å². The molecule has 1 aromatic carbocycles. The van der Waals surface area contributed by atoms with Crippen LogP contribution in [0.15, 0.2) is 40.1 Å². The predicted octanol–water partition coefficient (Wildman–Crippen LogP) is 0.645. The predicted molar refractivity (Wildman–Crippen MR) is 109 cm³/mol. The molecule has 0 aliphatic carbocycles. The molecule has 11 heteroatoms. The molecule has 1 fully saturated rings. The van der Waals surface area contributed by atoms with Gasteiger partial charge in [0, 0.05) is 35.7 Å². The minimum Gasteiger partial charge on any atom is -0.394 e. The number of hydrogen-bond acceptors (Lipinski definition) is 8. The Kier molecular flexibility index (Phi) is 7.01. The number of nitro benzene ring substituents is 1. The van der Waals surface area contributed by atoms with Gasteiger partial charge in [0.1, 0.15) is 19.1 Å². The molecular weight excluding hydrogens is 410 g/mol. The molecule has 0 spiro atoms. The average molecular weight is 435 g/mol. The summed E-state index contributed by atoms with van der Waals surface area (Å²) in [6.07, 6.45) is -1.11. The van der Waals surface area contributed by atoms with E-state index in [-0.39, 0.29) is 36.9 Å². The van der Waals surface area contributed by atoms with Crippen molar-refractivity contribution in [1.82, 2.24) is 9.13 Å². The summed E-state index contributed by atoms with van der Waals surface area (Å²) in [7, 11) is 0. The summed E-state index contributed by atoms with van der Waals surface area (Å²) < 4.78 is 13.2. The second-order valence-electron chi connectivity index (χ2n) is 7.57. The van der Waals surface area contributed by atoms with Crippen molar-refractivity contribution in [2.24, 2.45) is 0 Å². The lowest BCUT2D eigenvalue weighted by Gasteiger charge is -2.18. The number of aliphatic hydroxyl groups excluding tert-OH is 2. The molecule has 0 bridgehead atoms. The molecule has 168 valence electrons. The molecule has 2 N–H and O–H groups in total. The minimum absolute atomic E-state index is 0.0240. The highest BCUT2D eigenvalue weighted by Crippen LogP contribution is 2.28.